The van der Waals surface area contributed by atoms with Crippen molar-refractivity contribution in [3.8, 4) is 16.2 Å². The maximum atomic E-state index is 12.3. The molecule has 0 saturated carbocycles. The average Bonchev–Trinajstić information content (AvgIpc) is 3.03. The van der Waals surface area contributed by atoms with Crippen LogP contribution in [0, 0.1) is 0 Å². The Labute approximate surface area is 156 Å². The Morgan fingerprint density at radius 2 is 1.92 bits per heavy atom. The Kier molecular flexibility index (Phi) is 7.47. The summed E-state index contributed by atoms with van der Waals surface area (Å²) in [4.78, 5) is 25.8. The van der Waals surface area contributed by atoms with E-state index in [0.29, 0.717) is 30.2 Å². The van der Waals surface area contributed by atoms with Crippen LogP contribution in [0.25, 0.3) is 10.4 Å². The third kappa shape index (κ3) is 5.31. The first-order chi connectivity index (χ1) is 12.1. The molecule has 0 bridgehead atoms. The van der Waals surface area contributed by atoms with Crippen LogP contribution in [0.1, 0.15) is 35.0 Å². The normalized spacial score (nSPS) is 10.5. The third-order valence-electron chi connectivity index (χ3n) is 3.61. The number of alkyl halides is 1. The molecule has 0 radical (unpaired) electrons. The van der Waals surface area contributed by atoms with E-state index in [1.807, 2.05) is 24.3 Å². The summed E-state index contributed by atoms with van der Waals surface area (Å²) in [6.45, 7) is 2.11. The topological polar surface area (TPSA) is 52.6 Å². The molecule has 6 heteroatoms. The molecule has 0 amide bonds. The van der Waals surface area contributed by atoms with Gasteiger partial charge in [0.15, 0.2) is 5.78 Å². The quantitative estimate of drug-likeness (QED) is 0.358. The van der Waals surface area contributed by atoms with Crippen molar-refractivity contribution in [2.75, 3.05) is 19.6 Å². The van der Waals surface area contributed by atoms with Crippen LogP contribution in [0.3, 0.4) is 0 Å². The van der Waals surface area contributed by atoms with Crippen LogP contribution in [0.5, 0.6) is 5.75 Å². The highest BCUT2D eigenvalue weighted by Crippen LogP contribution is 2.35. The second-order valence-corrected chi connectivity index (χ2v) is 6.82. The van der Waals surface area contributed by atoms with E-state index < -0.39 is 0 Å². The van der Waals surface area contributed by atoms with Crippen LogP contribution in [0.4, 0.5) is 0 Å². The van der Waals surface area contributed by atoms with Crippen LogP contribution in [0.2, 0.25) is 0 Å². The molecule has 0 aliphatic carbocycles. The van der Waals surface area contributed by atoms with Crippen LogP contribution < -0.4 is 4.74 Å². The van der Waals surface area contributed by atoms with Gasteiger partial charge in [-0.05, 0) is 54.8 Å². The summed E-state index contributed by atoms with van der Waals surface area (Å²) in [6.07, 6.45) is 1.20. The van der Waals surface area contributed by atoms with Crippen molar-refractivity contribution < 1.29 is 19.1 Å². The van der Waals surface area contributed by atoms with E-state index in [1.165, 1.54) is 11.3 Å². The van der Waals surface area contributed by atoms with E-state index in [-0.39, 0.29) is 18.2 Å². The molecule has 0 aliphatic rings. The van der Waals surface area contributed by atoms with E-state index in [9.17, 15) is 9.59 Å². The molecular formula is C19H21ClO4S. The summed E-state index contributed by atoms with van der Waals surface area (Å²) >= 11 is 7.08. The van der Waals surface area contributed by atoms with Gasteiger partial charge < -0.3 is 9.47 Å². The Hall–Kier alpha value is -1.85. The van der Waals surface area contributed by atoms with Gasteiger partial charge in [-0.25, -0.2) is 0 Å². The summed E-state index contributed by atoms with van der Waals surface area (Å²) in [7, 11) is 1.61. The first-order valence-corrected chi connectivity index (χ1v) is 9.46. The molecule has 1 heterocycles. The number of thiophene rings is 1. The Balaban J connectivity index is 2.34. The fraction of sp³-hybridized carbons (Fsp3) is 0.368. The maximum absolute atomic E-state index is 12.3. The smallest absolute Gasteiger partial charge is 0.310 e. The summed E-state index contributed by atoms with van der Waals surface area (Å²) in [6, 6.07) is 9.37. The number of ether oxygens (including phenoxy) is 2. The summed E-state index contributed by atoms with van der Waals surface area (Å²) in [5.74, 6) is 0.967. The molecule has 2 aromatic rings. The minimum Gasteiger partial charge on any atom is -0.497 e. The number of halogens is 1. The predicted octanol–water partition coefficient (Wildman–Crippen LogP) is 4.73. The van der Waals surface area contributed by atoms with Crippen molar-refractivity contribution in [1.29, 1.82) is 0 Å². The lowest BCUT2D eigenvalue weighted by Crippen LogP contribution is -2.07. The zero-order valence-electron chi connectivity index (χ0n) is 14.3. The second kappa shape index (κ2) is 9.59. The number of carbonyl (C=O) groups is 2. The van der Waals surface area contributed by atoms with Gasteiger partial charge in [-0.15, -0.1) is 22.9 Å². The number of hydrogen-bond donors (Lipinski definition) is 0. The molecular weight excluding hydrogens is 360 g/mol. The monoisotopic (exact) mass is 380 g/mol. The largest absolute Gasteiger partial charge is 0.497 e. The van der Waals surface area contributed by atoms with Crippen molar-refractivity contribution in [1.82, 2.24) is 0 Å². The SMILES string of the molecule is CCOC(=O)Cc1cc(C(=O)CCCCl)sc1-c1ccc(OC)cc1. The number of rotatable bonds is 9. The molecule has 2 rings (SSSR count). The summed E-state index contributed by atoms with van der Waals surface area (Å²) < 4.78 is 10.2. The van der Waals surface area contributed by atoms with Gasteiger partial charge in [-0.3, -0.25) is 9.59 Å². The van der Waals surface area contributed by atoms with Gasteiger partial charge in [0.1, 0.15) is 5.75 Å². The lowest BCUT2D eigenvalue weighted by Gasteiger charge is -2.05. The van der Waals surface area contributed by atoms with Crippen molar-refractivity contribution in [3.05, 3.63) is 40.8 Å². The molecule has 0 atom stereocenters. The van der Waals surface area contributed by atoms with E-state index >= 15 is 0 Å². The second-order valence-electron chi connectivity index (χ2n) is 5.39. The number of benzene rings is 1. The van der Waals surface area contributed by atoms with Crippen LogP contribution >= 0.6 is 22.9 Å². The fourth-order valence-corrected chi connectivity index (χ4v) is 3.69. The molecule has 0 unspecified atom stereocenters. The Morgan fingerprint density at radius 1 is 1.20 bits per heavy atom. The van der Waals surface area contributed by atoms with Gasteiger partial charge in [0.05, 0.1) is 25.0 Å². The lowest BCUT2D eigenvalue weighted by atomic mass is 10.1. The summed E-state index contributed by atoms with van der Waals surface area (Å²) in [5.41, 5.74) is 1.75. The molecule has 0 N–H and O–H groups in total. The van der Waals surface area contributed by atoms with E-state index in [4.69, 9.17) is 21.1 Å². The lowest BCUT2D eigenvalue weighted by molar-refractivity contribution is -0.142. The molecule has 0 spiro atoms. The fourth-order valence-electron chi connectivity index (χ4n) is 2.40. The van der Waals surface area contributed by atoms with E-state index in [2.05, 4.69) is 0 Å². The number of esters is 1. The van der Waals surface area contributed by atoms with Crippen molar-refractivity contribution >= 4 is 34.7 Å². The first-order valence-electron chi connectivity index (χ1n) is 8.11. The Bertz CT molecular complexity index is 722. The summed E-state index contributed by atoms with van der Waals surface area (Å²) in [5, 5.41) is 0. The standard InChI is InChI=1S/C19H21ClO4S/c1-3-24-18(22)12-14-11-17(16(21)5-4-10-20)25-19(14)13-6-8-15(23-2)9-7-13/h6-9,11H,3-5,10,12H2,1-2H3. The highest BCUT2D eigenvalue weighted by Gasteiger charge is 2.18. The number of Topliss-reactive ketones (excluding diaryl/α,β-unsaturated/α-hetero) is 1. The van der Waals surface area contributed by atoms with Gasteiger partial charge in [-0.2, -0.15) is 0 Å². The molecule has 134 valence electrons. The molecule has 25 heavy (non-hydrogen) atoms. The van der Waals surface area contributed by atoms with Crippen LogP contribution in [-0.2, 0) is 16.0 Å². The highest BCUT2D eigenvalue weighted by atomic mass is 35.5. The van der Waals surface area contributed by atoms with Gasteiger partial charge in [0, 0.05) is 17.2 Å². The van der Waals surface area contributed by atoms with Crippen molar-refractivity contribution in [3.63, 3.8) is 0 Å². The van der Waals surface area contributed by atoms with Gasteiger partial charge in [0.2, 0.25) is 0 Å². The average molecular weight is 381 g/mol. The maximum Gasteiger partial charge on any atom is 0.310 e. The van der Waals surface area contributed by atoms with Crippen molar-refractivity contribution in [2.45, 2.75) is 26.2 Å². The number of methoxy groups -OCH3 is 1. The first kappa shape index (κ1) is 19.5. The number of carbonyl (C=O) groups excluding carboxylic acids is 2. The van der Waals surface area contributed by atoms with Gasteiger partial charge in [0.25, 0.3) is 0 Å². The van der Waals surface area contributed by atoms with E-state index in [0.717, 1.165) is 21.8 Å². The molecule has 0 saturated heterocycles. The van der Waals surface area contributed by atoms with Gasteiger partial charge >= 0.3 is 5.97 Å². The predicted molar refractivity (Wildman–Crippen MR) is 101 cm³/mol. The molecule has 4 nitrogen and oxygen atoms in total. The number of ketones is 1. The molecule has 1 aromatic carbocycles. The Morgan fingerprint density at radius 3 is 2.52 bits per heavy atom. The van der Waals surface area contributed by atoms with Crippen LogP contribution in [0.15, 0.2) is 30.3 Å². The number of hydrogen-bond acceptors (Lipinski definition) is 5. The minimum absolute atomic E-state index is 0.0514. The minimum atomic E-state index is -0.296. The van der Waals surface area contributed by atoms with Crippen LogP contribution in [-0.4, -0.2) is 31.3 Å². The molecule has 0 fully saturated rings. The zero-order valence-corrected chi connectivity index (χ0v) is 15.9. The molecule has 0 aliphatic heterocycles. The van der Waals surface area contributed by atoms with E-state index in [1.54, 1.807) is 20.1 Å². The highest BCUT2D eigenvalue weighted by molar-refractivity contribution is 7.17. The third-order valence-corrected chi connectivity index (χ3v) is 5.15. The van der Waals surface area contributed by atoms with Gasteiger partial charge in [-0.1, -0.05) is 0 Å². The van der Waals surface area contributed by atoms with Crippen molar-refractivity contribution in [2.24, 2.45) is 0 Å². The molecule has 1 aromatic heterocycles. The zero-order chi connectivity index (χ0) is 18.2.